The van der Waals surface area contributed by atoms with Crippen LogP contribution in [0.4, 0.5) is 0 Å². The number of nitrogens with zero attached hydrogens (tertiary/aromatic N) is 2. The van der Waals surface area contributed by atoms with E-state index in [1.54, 1.807) is 18.4 Å². The topological polar surface area (TPSA) is 58.5 Å². The molecule has 0 saturated heterocycles. The zero-order valence-corrected chi connectivity index (χ0v) is 18.6. The van der Waals surface area contributed by atoms with Gasteiger partial charge in [0, 0.05) is 18.5 Å². The Balaban J connectivity index is 0.00000312. The molecule has 2 aromatic rings. The molecule has 2 rings (SSSR count). The van der Waals surface area contributed by atoms with Gasteiger partial charge in [0.2, 0.25) is 0 Å². The van der Waals surface area contributed by atoms with Crippen molar-refractivity contribution in [1.82, 2.24) is 15.6 Å². The number of guanidine groups is 1. The number of hydrogen-bond acceptors (Lipinski definition) is 4. The highest BCUT2D eigenvalue weighted by atomic mass is 127. The fourth-order valence-corrected chi connectivity index (χ4v) is 3.06. The predicted octanol–water partition coefficient (Wildman–Crippen LogP) is 4.03. The molecule has 0 spiro atoms. The lowest BCUT2D eigenvalue weighted by molar-refractivity contribution is 0.242. The average Bonchev–Trinajstić information content (AvgIpc) is 2.85. The molecule has 1 aromatic carbocycles. The van der Waals surface area contributed by atoms with Crippen molar-refractivity contribution in [1.29, 1.82) is 0 Å². The van der Waals surface area contributed by atoms with Crippen LogP contribution in [0.25, 0.3) is 0 Å². The van der Waals surface area contributed by atoms with Gasteiger partial charge in [0.05, 0.1) is 18.3 Å². The summed E-state index contributed by atoms with van der Waals surface area (Å²) in [5, 5.41) is 7.69. The van der Waals surface area contributed by atoms with Crippen LogP contribution in [0.15, 0.2) is 29.3 Å². The van der Waals surface area contributed by atoms with Crippen LogP contribution >= 0.6 is 35.3 Å². The number of aromatic nitrogens is 1. The van der Waals surface area contributed by atoms with Gasteiger partial charge >= 0.3 is 0 Å². The van der Waals surface area contributed by atoms with Crippen LogP contribution in [0.2, 0.25) is 0 Å². The van der Waals surface area contributed by atoms with Crippen molar-refractivity contribution in [3.63, 3.8) is 0 Å². The van der Waals surface area contributed by atoms with Crippen LogP contribution in [0.3, 0.4) is 0 Å². The molecular formula is C18H27IN4OS. The van der Waals surface area contributed by atoms with Crippen molar-refractivity contribution in [2.75, 3.05) is 7.05 Å². The van der Waals surface area contributed by atoms with E-state index < -0.39 is 0 Å². The molecule has 2 N–H and O–H groups in total. The molecule has 1 aromatic heterocycles. The zero-order chi connectivity index (χ0) is 17.5. The van der Waals surface area contributed by atoms with E-state index in [1.165, 1.54) is 4.88 Å². The molecule has 5 nitrogen and oxygen atoms in total. The maximum Gasteiger partial charge on any atom is 0.191 e. The van der Waals surface area contributed by atoms with E-state index in [0.717, 1.165) is 28.0 Å². The molecule has 7 heteroatoms. The molecule has 1 heterocycles. The first kappa shape index (κ1) is 21.7. The SMILES string of the molecule is CN=C(NCc1cccc(OC(C)C)c1)NCc1nc(C)c(C)s1.I. The number of halogens is 1. The van der Waals surface area contributed by atoms with E-state index in [1.807, 2.05) is 39.0 Å². The molecule has 25 heavy (non-hydrogen) atoms. The third kappa shape index (κ3) is 7.19. The van der Waals surface area contributed by atoms with Crippen molar-refractivity contribution in [2.45, 2.75) is 46.9 Å². The lowest BCUT2D eigenvalue weighted by Gasteiger charge is -2.13. The lowest BCUT2D eigenvalue weighted by Crippen LogP contribution is -2.36. The summed E-state index contributed by atoms with van der Waals surface area (Å²) in [7, 11) is 1.77. The zero-order valence-electron chi connectivity index (χ0n) is 15.4. The maximum absolute atomic E-state index is 5.73. The highest BCUT2D eigenvalue weighted by molar-refractivity contribution is 14.0. The molecule has 138 valence electrons. The average molecular weight is 474 g/mol. The Bertz CT molecular complexity index is 681. The molecule has 0 bridgehead atoms. The smallest absolute Gasteiger partial charge is 0.191 e. The van der Waals surface area contributed by atoms with Gasteiger partial charge in [0.15, 0.2) is 5.96 Å². The van der Waals surface area contributed by atoms with Gasteiger partial charge in [-0.1, -0.05) is 12.1 Å². The van der Waals surface area contributed by atoms with Gasteiger partial charge in [-0.3, -0.25) is 4.99 Å². The summed E-state index contributed by atoms with van der Waals surface area (Å²) < 4.78 is 5.73. The second-order valence-corrected chi connectivity index (χ2v) is 7.13. The molecule has 0 unspecified atom stereocenters. The van der Waals surface area contributed by atoms with Gasteiger partial charge in [0.25, 0.3) is 0 Å². The van der Waals surface area contributed by atoms with Gasteiger partial charge in [0.1, 0.15) is 10.8 Å². The Morgan fingerprint density at radius 2 is 1.96 bits per heavy atom. The first-order valence-corrected chi connectivity index (χ1v) is 8.92. The summed E-state index contributed by atoms with van der Waals surface area (Å²) in [6.07, 6.45) is 0.174. The summed E-state index contributed by atoms with van der Waals surface area (Å²) in [4.78, 5) is 10.0. The monoisotopic (exact) mass is 474 g/mol. The standard InChI is InChI=1S/C18H26N4OS.HI/c1-12(2)23-16-8-6-7-15(9-16)10-20-18(19-5)21-11-17-22-13(3)14(4)24-17;/h6-9,12H,10-11H2,1-5H3,(H2,19,20,21);1H. The summed E-state index contributed by atoms with van der Waals surface area (Å²) >= 11 is 1.72. The fourth-order valence-electron chi connectivity index (χ4n) is 2.18. The van der Waals surface area contributed by atoms with Gasteiger partial charge in [-0.15, -0.1) is 35.3 Å². The molecule has 0 amide bonds. The Labute approximate surface area is 171 Å². The van der Waals surface area contributed by atoms with Crippen molar-refractivity contribution < 1.29 is 4.74 Å². The summed E-state index contributed by atoms with van der Waals surface area (Å²) in [5.74, 6) is 1.65. The Hall–Kier alpha value is -1.35. The van der Waals surface area contributed by atoms with Crippen LogP contribution in [0.5, 0.6) is 5.75 Å². The number of thiazole rings is 1. The summed E-state index contributed by atoms with van der Waals surface area (Å²) in [6, 6.07) is 8.10. The fraction of sp³-hybridized carbons (Fsp3) is 0.444. The van der Waals surface area contributed by atoms with Gasteiger partial charge in [-0.05, 0) is 45.4 Å². The van der Waals surface area contributed by atoms with E-state index in [4.69, 9.17) is 4.74 Å². The number of ether oxygens (including phenoxy) is 1. The third-order valence-electron chi connectivity index (χ3n) is 3.43. The Morgan fingerprint density at radius 1 is 1.24 bits per heavy atom. The molecule has 0 aliphatic rings. The third-order valence-corrected chi connectivity index (χ3v) is 4.51. The van der Waals surface area contributed by atoms with E-state index in [-0.39, 0.29) is 30.1 Å². The second kappa shape index (κ2) is 10.6. The van der Waals surface area contributed by atoms with Crippen molar-refractivity contribution >= 4 is 41.3 Å². The van der Waals surface area contributed by atoms with Crippen LogP contribution < -0.4 is 15.4 Å². The molecule has 0 saturated carbocycles. The number of nitrogens with one attached hydrogen (secondary N) is 2. The summed E-state index contributed by atoms with van der Waals surface area (Å²) in [5.41, 5.74) is 2.25. The minimum Gasteiger partial charge on any atom is -0.491 e. The summed E-state index contributed by atoms with van der Waals surface area (Å²) in [6.45, 7) is 9.54. The number of aliphatic imine (C=N–C) groups is 1. The van der Waals surface area contributed by atoms with Gasteiger partial charge in [-0.2, -0.15) is 0 Å². The normalized spacial score (nSPS) is 11.2. The first-order chi connectivity index (χ1) is 11.5. The molecule has 0 aliphatic carbocycles. The van der Waals surface area contributed by atoms with Crippen molar-refractivity contribution in [2.24, 2.45) is 4.99 Å². The van der Waals surface area contributed by atoms with E-state index in [9.17, 15) is 0 Å². The minimum atomic E-state index is 0. The van der Waals surface area contributed by atoms with E-state index >= 15 is 0 Å². The van der Waals surface area contributed by atoms with Gasteiger partial charge in [-0.25, -0.2) is 4.98 Å². The van der Waals surface area contributed by atoms with Crippen molar-refractivity contribution in [3.8, 4) is 5.75 Å². The van der Waals surface area contributed by atoms with Crippen LogP contribution in [-0.2, 0) is 13.1 Å². The lowest BCUT2D eigenvalue weighted by atomic mass is 10.2. The molecule has 0 aliphatic heterocycles. The quantitative estimate of drug-likeness (QED) is 0.377. The second-order valence-electron chi connectivity index (χ2n) is 5.84. The number of hydrogen-bond donors (Lipinski definition) is 2. The largest absolute Gasteiger partial charge is 0.491 e. The van der Waals surface area contributed by atoms with Crippen LogP contribution in [0, 0.1) is 13.8 Å². The van der Waals surface area contributed by atoms with Crippen molar-refractivity contribution in [3.05, 3.63) is 45.4 Å². The highest BCUT2D eigenvalue weighted by Gasteiger charge is 2.05. The molecule has 0 fully saturated rings. The minimum absolute atomic E-state index is 0. The predicted molar refractivity (Wildman–Crippen MR) is 116 cm³/mol. The highest BCUT2D eigenvalue weighted by Crippen LogP contribution is 2.16. The Morgan fingerprint density at radius 3 is 2.56 bits per heavy atom. The molecule has 0 radical (unpaired) electrons. The number of benzene rings is 1. The number of rotatable bonds is 6. The number of aryl methyl sites for hydroxylation is 2. The molecule has 0 atom stereocenters. The van der Waals surface area contributed by atoms with Crippen LogP contribution in [0.1, 0.15) is 35.0 Å². The van der Waals surface area contributed by atoms with Gasteiger partial charge < -0.3 is 15.4 Å². The first-order valence-electron chi connectivity index (χ1n) is 8.11. The van der Waals surface area contributed by atoms with E-state index in [0.29, 0.717) is 13.1 Å². The van der Waals surface area contributed by atoms with E-state index in [2.05, 4.69) is 33.6 Å². The molecular weight excluding hydrogens is 447 g/mol. The van der Waals surface area contributed by atoms with Crippen LogP contribution in [-0.4, -0.2) is 24.1 Å². The Kier molecular flexibility index (Phi) is 9.20. The maximum atomic E-state index is 5.73.